The molecule has 0 bridgehead atoms. The highest BCUT2D eigenvalue weighted by Gasteiger charge is 2.43. The molecule has 1 aromatic heterocycles. The lowest BCUT2D eigenvalue weighted by molar-refractivity contribution is -0.147. The molecule has 4 amide bonds. The van der Waals surface area contributed by atoms with E-state index in [0.29, 0.717) is 19.4 Å². The lowest BCUT2D eigenvalue weighted by Gasteiger charge is -2.40. The highest BCUT2D eigenvalue weighted by molar-refractivity contribution is 7.09. The maximum absolute atomic E-state index is 14.2. The van der Waals surface area contributed by atoms with Gasteiger partial charge in [-0.1, -0.05) is 78.8 Å². The van der Waals surface area contributed by atoms with E-state index in [4.69, 9.17) is 9.47 Å². The summed E-state index contributed by atoms with van der Waals surface area (Å²) in [6, 6.07) is 7.75. The molecule has 1 saturated heterocycles. The fourth-order valence-corrected chi connectivity index (χ4v) is 8.39. The van der Waals surface area contributed by atoms with Gasteiger partial charge in [-0.05, 0) is 49.6 Å². The molecule has 3 N–H and O–H groups in total. The molecule has 1 fully saturated rings. The number of amides is 4. The number of methoxy groups -OCH3 is 2. The number of thiazole rings is 1. The van der Waals surface area contributed by atoms with Crippen molar-refractivity contribution in [3.05, 3.63) is 52.5 Å². The Bertz CT molecular complexity index is 1440. The number of rotatable bonds is 20. The molecule has 0 radical (unpaired) electrons. The Balaban J connectivity index is 1.76. The van der Waals surface area contributed by atoms with Crippen molar-refractivity contribution in [2.75, 3.05) is 34.9 Å². The van der Waals surface area contributed by atoms with Crippen molar-refractivity contribution in [3.63, 3.8) is 0 Å². The van der Waals surface area contributed by atoms with E-state index in [0.717, 1.165) is 17.0 Å². The third-order valence-corrected chi connectivity index (χ3v) is 11.4. The maximum Gasteiger partial charge on any atom is 0.245 e. The van der Waals surface area contributed by atoms with Crippen LogP contribution in [-0.2, 0) is 35.1 Å². The van der Waals surface area contributed by atoms with Gasteiger partial charge in [0.15, 0.2) is 0 Å². The Morgan fingerprint density at radius 3 is 2.11 bits per heavy atom. The van der Waals surface area contributed by atoms with Crippen molar-refractivity contribution >= 4 is 35.0 Å². The van der Waals surface area contributed by atoms with Gasteiger partial charge in [-0.2, -0.15) is 0 Å². The second-order valence-electron chi connectivity index (χ2n) is 15.3. The standard InChI is InChI=1S/C40H64N6O6S/c1-24(2)33(41-8)38(49)44-34(25(3)4)40(50)45(9)35(26(5)6)31(51-10)23-32(47)46-20-15-18-30(46)36(52-11)27(7)37(48)43-29(39-42-19-21-53-39)22-28-16-13-12-14-17-28/h12-14,16-17,19,21,24-27,29-31,33-36,41H,15,18,20,22-23H2,1-11H3,(H,43,48)(H,44,49). The van der Waals surface area contributed by atoms with E-state index in [1.54, 1.807) is 39.4 Å². The third-order valence-electron chi connectivity index (χ3n) is 10.6. The van der Waals surface area contributed by atoms with Gasteiger partial charge in [0.25, 0.3) is 0 Å². The van der Waals surface area contributed by atoms with Gasteiger partial charge >= 0.3 is 0 Å². The minimum Gasteiger partial charge on any atom is -0.379 e. The Morgan fingerprint density at radius 2 is 1.58 bits per heavy atom. The Kier molecular flexibility index (Phi) is 17.4. The second kappa shape index (κ2) is 20.9. The molecule has 1 aromatic carbocycles. The minimum absolute atomic E-state index is 0.0394. The summed E-state index contributed by atoms with van der Waals surface area (Å²) < 4.78 is 12.0. The van der Waals surface area contributed by atoms with Crippen LogP contribution >= 0.6 is 11.3 Å². The highest BCUT2D eigenvalue weighted by Crippen LogP contribution is 2.30. The summed E-state index contributed by atoms with van der Waals surface area (Å²) >= 11 is 1.50. The molecule has 0 aliphatic carbocycles. The smallest absolute Gasteiger partial charge is 0.245 e. The van der Waals surface area contributed by atoms with E-state index < -0.39 is 36.3 Å². The summed E-state index contributed by atoms with van der Waals surface area (Å²) in [5, 5.41) is 12.0. The Morgan fingerprint density at radius 1 is 0.925 bits per heavy atom. The average molecular weight is 757 g/mol. The van der Waals surface area contributed by atoms with E-state index in [1.807, 2.05) is 89.1 Å². The zero-order valence-corrected chi connectivity index (χ0v) is 34.4. The van der Waals surface area contributed by atoms with Crippen LogP contribution < -0.4 is 16.0 Å². The highest BCUT2D eigenvalue weighted by atomic mass is 32.1. The first-order chi connectivity index (χ1) is 25.2. The van der Waals surface area contributed by atoms with E-state index in [2.05, 4.69) is 20.9 Å². The number of hydrogen-bond donors (Lipinski definition) is 3. The number of hydrogen-bond acceptors (Lipinski definition) is 9. The molecule has 3 rings (SSSR count). The van der Waals surface area contributed by atoms with E-state index >= 15 is 0 Å². The lowest BCUT2D eigenvalue weighted by atomic mass is 9.91. The molecule has 0 saturated carbocycles. The van der Waals surface area contributed by atoms with Gasteiger partial charge in [0.2, 0.25) is 23.6 Å². The number of ether oxygens (including phenoxy) is 2. The number of benzene rings is 1. The first-order valence-electron chi connectivity index (χ1n) is 19.0. The lowest BCUT2D eigenvalue weighted by Crippen LogP contribution is -2.59. The number of carbonyl (C=O) groups is 4. The van der Waals surface area contributed by atoms with Crippen LogP contribution in [-0.4, -0.2) is 110 Å². The number of nitrogens with zero attached hydrogens (tertiary/aromatic N) is 3. The van der Waals surface area contributed by atoms with Gasteiger partial charge in [-0.15, -0.1) is 11.3 Å². The van der Waals surface area contributed by atoms with Crippen LogP contribution in [0.25, 0.3) is 0 Å². The largest absolute Gasteiger partial charge is 0.379 e. The van der Waals surface area contributed by atoms with Crippen LogP contribution in [0.1, 0.15) is 84.3 Å². The molecule has 8 atom stereocenters. The summed E-state index contributed by atoms with van der Waals surface area (Å²) in [5.41, 5.74) is 1.09. The van der Waals surface area contributed by atoms with Crippen LogP contribution in [0, 0.1) is 23.7 Å². The van der Waals surface area contributed by atoms with E-state index in [9.17, 15) is 19.2 Å². The Labute approximate surface area is 321 Å². The van der Waals surface area contributed by atoms with Gasteiger partial charge in [-0.25, -0.2) is 4.98 Å². The van der Waals surface area contributed by atoms with Crippen LogP contribution in [0.4, 0.5) is 0 Å². The molecule has 296 valence electrons. The van der Waals surface area contributed by atoms with E-state index in [1.165, 1.54) is 11.3 Å². The van der Waals surface area contributed by atoms with Crippen LogP contribution in [0.2, 0.25) is 0 Å². The number of nitrogens with one attached hydrogen (secondary N) is 3. The number of aromatic nitrogens is 1. The molecule has 53 heavy (non-hydrogen) atoms. The fraction of sp³-hybridized carbons (Fsp3) is 0.675. The topological polar surface area (TPSA) is 142 Å². The monoisotopic (exact) mass is 756 g/mol. The molecule has 12 nitrogen and oxygen atoms in total. The molecule has 1 aliphatic heterocycles. The van der Waals surface area contributed by atoms with Crippen molar-refractivity contribution in [3.8, 4) is 0 Å². The quantitative estimate of drug-likeness (QED) is 0.180. The number of carbonyl (C=O) groups excluding carboxylic acids is 4. The minimum atomic E-state index is -0.752. The fourth-order valence-electron chi connectivity index (χ4n) is 7.70. The molecule has 13 heteroatoms. The SMILES string of the molecule is CNC(C(=O)NC(C(=O)N(C)C(C(C)C)C(CC(=O)N1CCCC1C(OC)C(C)C(=O)NC(Cc1ccccc1)c1nccs1)OC)C(C)C)C(C)C. The maximum atomic E-state index is 14.2. The zero-order valence-electron chi connectivity index (χ0n) is 33.6. The van der Waals surface area contributed by atoms with Crippen LogP contribution in [0.5, 0.6) is 0 Å². The van der Waals surface area contributed by atoms with Crippen LogP contribution in [0.15, 0.2) is 41.9 Å². The molecule has 8 unspecified atom stereocenters. The van der Waals surface area contributed by atoms with Gasteiger partial charge in [0.05, 0.1) is 48.7 Å². The third kappa shape index (κ3) is 11.6. The predicted octanol–water partition coefficient (Wildman–Crippen LogP) is 4.46. The zero-order chi connectivity index (χ0) is 39.4. The van der Waals surface area contributed by atoms with Crippen molar-refractivity contribution in [1.82, 2.24) is 30.7 Å². The van der Waals surface area contributed by atoms with Crippen LogP contribution in [0.3, 0.4) is 0 Å². The normalized spacial score (nSPS) is 18.7. The Hall–Kier alpha value is -3.39. The van der Waals surface area contributed by atoms with E-state index in [-0.39, 0.29) is 59.9 Å². The van der Waals surface area contributed by atoms with Gasteiger partial charge < -0.3 is 35.2 Å². The summed E-state index contributed by atoms with van der Waals surface area (Å²) in [5.74, 6) is -1.48. The van der Waals surface area contributed by atoms with Gasteiger partial charge in [0, 0.05) is 39.4 Å². The molecule has 1 aliphatic rings. The molecule has 2 heterocycles. The number of likely N-dealkylation sites (tertiary alicyclic amines) is 1. The molecular weight excluding hydrogens is 693 g/mol. The summed E-state index contributed by atoms with van der Waals surface area (Å²) in [6.45, 7) is 14.1. The predicted molar refractivity (Wildman–Crippen MR) is 209 cm³/mol. The first kappa shape index (κ1) is 44.0. The molecule has 2 aromatic rings. The summed E-state index contributed by atoms with van der Waals surface area (Å²) in [7, 11) is 6.61. The average Bonchev–Trinajstić information content (AvgIpc) is 3.84. The summed E-state index contributed by atoms with van der Waals surface area (Å²) in [6.07, 6.45) is 2.72. The summed E-state index contributed by atoms with van der Waals surface area (Å²) in [4.78, 5) is 63.2. The number of likely N-dealkylation sites (N-methyl/N-ethyl adjacent to an activating group) is 2. The molecular formula is C40H64N6O6S. The molecule has 0 spiro atoms. The van der Waals surface area contributed by atoms with Crippen molar-refractivity contribution in [2.24, 2.45) is 23.7 Å². The first-order valence-corrected chi connectivity index (χ1v) is 19.9. The second-order valence-corrected chi connectivity index (χ2v) is 16.2. The van der Waals surface area contributed by atoms with Crippen molar-refractivity contribution < 1.29 is 28.7 Å². The van der Waals surface area contributed by atoms with Crippen molar-refractivity contribution in [1.29, 1.82) is 0 Å². The van der Waals surface area contributed by atoms with Gasteiger partial charge in [0.1, 0.15) is 11.0 Å². The van der Waals surface area contributed by atoms with Crippen molar-refractivity contribution in [2.45, 2.75) is 117 Å². The van der Waals surface area contributed by atoms with Gasteiger partial charge in [-0.3, -0.25) is 19.2 Å².